The summed E-state index contributed by atoms with van der Waals surface area (Å²) in [6.07, 6.45) is 4.51. The Morgan fingerprint density at radius 1 is 1.17 bits per heavy atom. The number of hydrogen-bond donors (Lipinski definition) is 2. The third-order valence-corrected chi connectivity index (χ3v) is 5.10. The average molecular weight is 398 g/mol. The van der Waals surface area contributed by atoms with Crippen molar-refractivity contribution in [2.75, 3.05) is 6.61 Å². The van der Waals surface area contributed by atoms with Crippen molar-refractivity contribution in [1.82, 2.24) is 10.3 Å². The molecule has 0 atom stereocenters. The van der Waals surface area contributed by atoms with E-state index in [0.29, 0.717) is 36.6 Å². The number of nitrogens with zero attached hydrogens (tertiary/aromatic N) is 1. The van der Waals surface area contributed by atoms with E-state index in [-0.39, 0.29) is 18.9 Å². The maximum atomic E-state index is 12.3. The Bertz CT molecular complexity index is 847. The van der Waals surface area contributed by atoms with Crippen LogP contribution < -0.4 is 14.8 Å². The van der Waals surface area contributed by atoms with Crippen molar-refractivity contribution in [3.05, 3.63) is 48.2 Å². The van der Waals surface area contributed by atoms with Gasteiger partial charge in [-0.25, -0.2) is 4.98 Å². The van der Waals surface area contributed by atoms with Gasteiger partial charge in [0.1, 0.15) is 11.5 Å². The van der Waals surface area contributed by atoms with Gasteiger partial charge in [-0.2, -0.15) is 0 Å². The Balaban J connectivity index is 1.59. The molecule has 0 unspecified atom stereocenters. The molecular formula is C22H26N2O5. The lowest BCUT2D eigenvalue weighted by Crippen LogP contribution is -2.42. The zero-order valence-electron chi connectivity index (χ0n) is 16.5. The highest BCUT2D eigenvalue weighted by molar-refractivity contribution is 5.85. The third-order valence-electron chi connectivity index (χ3n) is 5.10. The molecule has 1 heterocycles. The van der Waals surface area contributed by atoms with Gasteiger partial charge in [0.15, 0.2) is 0 Å². The van der Waals surface area contributed by atoms with Gasteiger partial charge < -0.3 is 19.9 Å². The van der Waals surface area contributed by atoms with Crippen molar-refractivity contribution in [2.24, 2.45) is 5.41 Å². The minimum absolute atomic E-state index is 0.00198. The van der Waals surface area contributed by atoms with Crippen LogP contribution >= 0.6 is 0 Å². The molecule has 7 nitrogen and oxygen atoms in total. The smallest absolute Gasteiger partial charge is 0.310 e. The molecule has 1 aliphatic rings. The summed E-state index contributed by atoms with van der Waals surface area (Å²) in [5.41, 5.74) is -0.190. The Morgan fingerprint density at radius 3 is 2.52 bits per heavy atom. The Hall–Kier alpha value is -3.09. The molecule has 7 heteroatoms. The van der Waals surface area contributed by atoms with Crippen molar-refractivity contribution in [2.45, 2.75) is 45.6 Å². The molecule has 0 bridgehead atoms. The minimum Gasteiger partial charge on any atom is -0.494 e. The number of rotatable bonds is 10. The van der Waals surface area contributed by atoms with E-state index in [1.165, 1.54) is 0 Å². The van der Waals surface area contributed by atoms with E-state index in [4.69, 9.17) is 9.47 Å². The summed E-state index contributed by atoms with van der Waals surface area (Å²) in [5.74, 6) is 0.608. The van der Waals surface area contributed by atoms with Gasteiger partial charge in [0.2, 0.25) is 11.8 Å². The van der Waals surface area contributed by atoms with Crippen LogP contribution in [0.2, 0.25) is 0 Å². The van der Waals surface area contributed by atoms with E-state index in [1.807, 2.05) is 25.1 Å². The number of carboxylic acid groups (broad SMARTS) is 1. The third kappa shape index (κ3) is 5.25. The first-order valence-electron chi connectivity index (χ1n) is 9.87. The quantitative estimate of drug-likeness (QED) is 0.629. The van der Waals surface area contributed by atoms with Crippen molar-refractivity contribution < 1.29 is 24.2 Å². The molecule has 1 amide bonds. The highest BCUT2D eigenvalue weighted by atomic mass is 16.5. The fourth-order valence-electron chi connectivity index (χ4n) is 3.22. The first-order valence-corrected chi connectivity index (χ1v) is 9.87. The Labute approximate surface area is 170 Å². The number of aliphatic carboxylic acids is 1. The normalized spacial score (nSPS) is 14.5. The van der Waals surface area contributed by atoms with Crippen LogP contribution in [0.15, 0.2) is 42.6 Å². The van der Waals surface area contributed by atoms with E-state index < -0.39 is 11.4 Å². The molecule has 0 spiro atoms. The molecule has 0 saturated heterocycles. The summed E-state index contributed by atoms with van der Waals surface area (Å²) in [6, 6.07) is 10.8. The molecule has 1 aromatic heterocycles. The van der Waals surface area contributed by atoms with Crippen molar-refractivity contribution in [3.8, 4) is 17.4 Å². The number of hydrogen-bond acceptors (Lipinski definition) is 5. The molecule has 1 aromatic carbocycles. The number of nitrogens with one attached hydrogen (secondary N) is 1. The first kappa shape index (κ1) is 20.6. The van der Waals surface area contributed by atoms with Crippen molar-refractivity contribution >= 4 is 11.9 Å². The summed E-state index contributed by atoms with van der Waals surface area (Å²) < 4.78 is 11.4. The summed E-state index contributed by atoms with van der Waals surface area (Å²) in [6.45, 7) is 2.93. The molecule has 1 aliphatic carbocycles. The number of ether oxygens (including phenoxy) is 2. The lowest BCUT2D eigenvalue weighted by atomic mass is 9.66. The van der Waals surface area contributed by atoms with Crippen LogP contribution in [0.1, 0.15) is 44.6 Å². The maximum Gasteiger partial charge on any atom is 0.310 e. The van der Waals surface area contributed by atoms with Gasteiger partial charge in [0, 0.05) is 24.7 Å². The molecular weight excluding hydrogens is 372 g/mol. The minimum atomic E-state index is -0.903. The fourth-order valence-corrected chi connectivity index (χ4v) is 3.22. The van der Waals surface area contributed by atoms with Gasteiger partial charge in [-0.05, 0) is 49.6 Å². The topological polar surface area (TPSA) is 97.8 Å². The van der Waals surface area contributed by atoms with Crippen LogP contribution in [0, 0.1) is 5.41 Å². The number of amides is 1. The molecule has 3 rings (SSSR count). The van der Waals surface area contributed by atoms with Gasteiger partial charge in [-0.15, -0.1) is 0 Å². The second-order valence-electron chi connectivity index (χ2n) is 7.28. The summed E-state index contributed by atoms with van der Waals surface area (Å²) >= 11 is 0. The molecule has 2 aromatic rings. The van der Waals surface area contributed by atoms with Gasteiger partial charge in [0.05, 0.1) is 12.0 Å². The average Bonchev–Trinajstić information content (AvgIpc) is 2.69. The monoisotopic (exact) mass is 398 g/mol. The number of carboxylic acids is 1. The lowest BCUT2D eigenvalue weighted by Gasteiger charge is -2.36. The zero-order chi connectivity index (χ0) is 20.7. The van der Waals surface area contributed by atoms with E-state index in [1.54, 1.807) is 24.4 Å². The van der Waals surface area contributed by atoms with E-state index in [2.05, 4.69) is 10.3 Å². The largest absolute Gasteiger partial charge is 0.494 e. The summed E-state index contributed by atoms with van der Waals surface area (Å²) in [7, 11) is 0. The van der Waals surface area contributed by atoms with Gasteiger partial charge in [-0.1, -0.05) is 19.4 Å². The van der Waals surface area contributed by atoms with Crippen LogP contribution in [-0.4, -0.2) is 28.6 Å². The highest BCUT2D eigenvalue weighted by Gasteiger charge is 2.45. The summed E-state index contributed by atoms with van der Waals surface area (Å²) in [5, 5.41) is 12.2. The predicted octanol–water partition coefficient (Wildman–Crippen LogP) is 3.92. The molecule has 0 radical (unpaired) electrons. The molecule has 1 saturated carbocycles. The van der Waals surface area contributed by atoms with Crippen LogP contribution in [0.5, 0.6) is 17.4 Å². The van der Waals surface area contributed by atoms with Crippen LogP contribution in [0.3, 0.4) is 0 Å². The highest BCUT2D eigenvalue weighted by Crippen LogP contribution is 2.44. The van der Waals surface area contributed by atoms with Crippen LogP contribution in [0.25, 0.3) is 0 Å². The molecule has 1 fully saturated rings. The van der Waals surface area contributed by atoms with E-state index in [0.717, 1.165) is 18.6 Å². The molecule has 2 N–H and O–H groups in total. The summed E-state index contributed by atoms with van der Waals surface area (Å²) in [4.78, 5) is 28.0. The van der Waals surface area contributed by atoms with E-state index >= 15 is 0 Å². The Morgan fingerprint density at radius 2 is 1.90 bits per heavy atom. The second kappa shape index (κ2) is 9.41. The van der Waals surface area contributed by atoms with Crippen LogP contribution in [-0.2, 0) is 16.1 Å². The van der Waals surface area contributed by atoms with E-state index in [9.17, 15) is 14.7 Å². The first-order chi connectivity index (χ1) is 14.0. The van der Waals surface area contributed by atoms with Crippen molar-refractivity contribution in [1.29, 1.82) is 0 Å². The standard InChI is InChI=1S/C22H26N2O5/c1-2-13-28-17-6-8-18(9-7-17)29-20-16(5-3-12-23-20)15-24-19(25)14-22(21(26)27)10-4-11-22/h3,5-9,12H,2,4,10-11,13-15H2,1H3,(H,24,25)(H,26,27). The number of benzene rings is 1. The zero-order valence-corrected chi connectivity index (χ0v) is 16.5. The van der Waals surface area contributed by atoms with Gasteiger partial charge in [-0.3, -0.25) is 9.59 Å². The second-order valence-corrected chi connectivity index (χ2v) is 7.28. The number of pyridine rings is 1. The molecule has 0 aliphatic heterocycles. The van der Waals surface area contributed by atoms with Gasteiger partial charge in [0.25, 0.3) is 0 Å². The number of carbonyl (C=O) groups excluding carboxylic acids is 1. The number of carbonyl (C=O) groups is 2. The van der Waals surface area contributed by atoms with Crippen LogP contribution in [0.4, 0.5) is 0 Å². The number of aromatic nitrogens is 1. The molecule has 154 valence electrons. The SMILES string of the molecule is CCCOc1ccc(Oc2ncccc2CNC(=O)CC2(C(=O)O)CCC2)cc1. The maximum absolute atomic E-state index is 12.3. The molecule has 29 heavy (non-hydrogen) atoms. The van der Waals surface area contributed by atoms with Gasteiger partial charge >= 0.3 is 5.97 Å². The predicted molar refractivity (Wildman–Crippen MR) is 107 cm³/mol. The van der Waals surface area contributed by atoms with Crippen molar-refractivity contribution in [3.63, 3.8) is 0 Å². The fraction of sp³-hybridized carbons (Fsp3) is 0.409. The lowest BCUT2D eigenvalue weighted by molar-refractivity contribution is -0.157. The Kier molecular flexibility index (Phi) is 6.69.